The van der Waals surface area contributed by atoms with Crippen molar-refractivity contribution in [3.8, 4) is 5.69 Å². The summed E-state index contributed by atoms with van der Waals surface area (Å²) >= 11 is 3.37. The molecule has 1 aromatic heterocycles. The molecule has 0 bridgehead atoms. The van der Waals surface area contributed by atoms with Gasteiger partial charge in [0.25, 0.3) is 0 Å². The van der Waals surface area contributed by atoms with E-state index in [0.717, 1.165) is 29.7 Å². The Labute approximate surface area is 115 Å². The van der Waals surface area contributed by atoms with Gasteiger partial charge >= 0.3 is 0 Å². The van der Waals surface area contributed by atoms with E-state index in [2.05, 4.69) is 28.0 Å². The second-order valence-corrected chi connectivity index (χ2v) is 4.69. The van der Waals surface area contributed by atoms with Crippen LogP contribution in [-0.4, -0.2) is 21.4 Å². The summed E-state index contributed by atoms with van der Waals surface area (Å²) in [5, 5.41) is 5.04. The van der Waals surface area contributed by atoms with Crippen LogP contribution in [0, 0.1) is 0 Å². The van der Waals surface area contributed by atoms with Crippen molar-refractivity contribution in [1.29, 1.82) is 0 Å². The standard InChI is InChI=1S/C14H15BrN2O/c1-2-14-13(11(8-15)10-18)9-16-17(14)12-6-4-3-5-7-12/h3-7,9-11H,2,8H2,1H3. The number of aromatic nitrogens is 2. The summed E-state index contributed by atoms with van der Waals surface area (Å²) in [5.74, 6) is -0.127. The van der Waals surface area contributed by atoms with Crippen molar-refractivity contribution in [2.45, 2.75) is 19.3 Å². The zero-order chi connectivity index (χ0) is 13.0. The highest BCUT2D eigenvalue weighted by atomic mass is 79.9. The molecule has 0 radical (unpaired) electrons. The normalized spacial score (nSPS) is 12.3. The second kappa shape index (κ2) is 5.96. The molecule has 0 saturated carbocycles. The first-order valence-electron chi connectivity index (χ1n) is 5.95. The minimum atomic E-state index is -0.127. The van der Waals surface area contributed by atoms with Gasteiger partial charge in [-0.05, 0) is 18.6 Å². The van der Waals surface area contributed by atoms with Crippen molar-refractivity contribution in [2.24, 2.45) is 0 Å². The predicted octanol–water partition coefficient (Wildman–Crippen LogP) is 3.11. The molecule has 0 fully saturated rings. The largest absolute Gasteiger partial charge is 0.303 e. The summed E-state index contributed by atoms with van der Waals surface area (Å²) in [6.07, 6.45) is 3.62. The quantitative estimate of drug-likeness (QED) is 0.628. The first-order valence-corrected chi connectivity index (χ1v) is 7.07. The molecule has 0 spiro atoms. The Bertz CT molecular complexity index is 522. The zero-order valence-electron chi connectivity index (χ0n) is 10.2. The van der Waals surface area contributed by atoms with Crippen molar-refractivity contribution in [3.05, 3.63) is 47.8 Å². The van der Waals surface area contributed by atoms with E-state index in [-0.39, 0.29) is 5.92 Å². The number of aldehydes is 1. The van der Waals surface area contributed by atoms with E-state index in [1.807, 2.05) is 35.0 Å². The Morgan fingerprint density at radius 1 is 1.39 bits per heavy atom. The van der Waals surface area contributed by atoms with Gasteiger partial charge in [0.2, 0.25) is 0 Å². The minimum Gasteiger partial charge on any atom is -0.303 e. The molecule has 18 heavy (non-hydrogen) atoms. The lowest BCUT2D eigenvalue weighted by atomic mass is 10.0. The number of para-hydroxylation sites is 1. The Balaban J connectivity index is 2.48. The second-order valence-electron chi connectivity index (χ2n) is 4.04. The molecule has 1 unspecified atom stereocenters. The Hall–Kier alpha value is -1.42. The maximum atomic E-state index is 11.1. The molecule has 2 rings (SSSR count). The van der Waals surface area contributed by atoms with Crippen LogP contribution in [0.25, 0.3) is 5.69 Å². The first kappa shape index (κ1) is 13.0. The van der Waals surface area contributed by atoms with Crippen LogP contribution in [0.5, 0.6) is 0 Å². The van der Waals surface area contributed by atoms with Gasteiger partial charge in [0.15, 0.2) is 0 Å². The molecule has 1 atom stereocenters. The molecule has 0 saturated heterocycles. The molecule has 3 nitrogen and oxygen atoms in total. The molecule has 1 heterocycles. The molecule has 0 aliphatic carbocycles. The number of rotatable bonds is 5. The Morgan fingerprint density at radius 3 is 2.67 bits per heavy atom. The Kier molecular flexibility index (Phi) is 4.31. The SMILES string of the molecule is CCc1c(C(C=O)CBr)cnn1-c1ccccc1. The van der Waals surface area contributed by atoms with Crippen LogP contribution in [-0.2, 0) is 11.2 Å². The van der Waals surface area contributed by atoms with E-state index in [0.29, 0.717) is 5.33 Å². The third-order valence-electron chi connectivity index (χ3n) is 2.97. The number of carbonyl (C=O) groups is 1. The molecule has 4 heteroatoms. The van der Waals surface area contributed by atoms with Gasteiger partial charge in [0.1, 0.15) is 6.29 Å². The van der Waals surface area contributed by atoms with Crippen LogP contribution >= 0.6 is 15.9 Å². The van der Waals surface area contributed by atoms with Crippen molar-refractivity contribution in [2.75, 3.05) is 5.33 Å². The number of hydrogen-bond acceptors (Lipinski definition) is 2. The third-order valence-corrected chi connectivity index (χ3v) is 3.66. The Morgan fingerprint density at radius 2 is 2.11 bits per heavy atom. The first-order chi connectivity index (χ1) is 8.81. The van der Waals surface area contributed by atoms with Gasteiger partial charge in [-0.2, -0.15) is 5.10 Å². The van der Waals surface area contributed by atoms with Crippen LogP contribution in [0.15, 0.2) is 36.5 Å². The van der Waals surface area contributed by atoms with Gasteiger partial charge in [0, 0.05) is 16.6 Å². The smallest absolute Gasteiger partial charge is 0.128 e. The fourth-order valence-corrected chi connectivity index (χ4v) is 2.54. The number of hydrogen-bond donors (Lipinski definition) is 0. The average Bonchev–Trinajstić information content (AvgIpc) is 2.85. The summed E-state index contributed by atoms with van der Waals surface area (Å²) in [5.41, 5.74) is 3.13. The van der Waals surface area contributed by atoms with Gasteiger partial charge in [-0.3, -0.25) is 0 Å². The van der Waals surface area contributed by atoms with Crippen molar-refractivity contribution in [1.82, 2.24) is 9.78 Å². The van der Waals surface area contributed by atoms with Crippen LogP contribution in [0.3, 0.4) is 0 Å². The molecule has 94 valence electrons. The number of halogens is 1. The van der Waals surface area contributed by atoms with E-state index in [1.165, 1.54) is 0 Å². The number of benzene rings is 1. The minimum absolute atomic E-state index is 0.127. The summed E-state index contributed by atoms with van der Waals surface area (Å²) in [6, 6.07) is 9.97. The highest BCUT2D eigenvalue weighted by Crippen LogP contribution is 2.23. The van der Waals surface area contributed by atoms with E-state index in [1.54, 1.807) is 6.20 Å². The summed E-state index contributed by atoms with van der Waals surface area (Å²) in [6.45, 7) is 2.08. The molecule has 0 N–H and O–H groups in total. The monoisotopic (exact) mass is 306 g/mol. The van der Waals surface area contributed by atoms with Gasteiger partial charge < -0.3 is 4.79 Å². The van der Waals surface area contributed by atoms with Crippen LogP contribution in [0.2, 0.25) is 0 Å². The highest BCUT2D eigenvalue weighted by Gasteiger charge is 2.18. The average molecular weight is 307 g/mol. The molecule has 0 aliphatic heterocycles. The highest BCUT2D eigenvalue weighted by molar-refractivity contribution is 9.09. The van der Waals surface area contributed by atoms with Gasteiger partial charge in [-0.25, -0.2) is 4.68 Å². The third kappa shape index (κ3) is 2.38. The molecule has 2 aromatic rings. The summed E-state index contributed by atoms with van der Waals surface area (Å²) in [4.78, 5) is 11.1. The lowest BCUT2D eigenvalue weighted by molar-refractivity contribution is -0.108. The predicted molar refractivity (Wildman–Crippen MR) is 75.5 cm³/mol. The molecular formula is C14H15BrN2O. The number of carbonyl (C=O) groups excluding carboxylic acids is 1. The van der Waals surface area contributed by atoms with Crippen LogP contribution in [0.1, 0.15) is 24.1 Å². The van der Waals surface area contributed by atoms with E-state index in [4.69, 9.17) is 0 Å². The fourth-order valence-electron chi connectivity index (χ4n) is 2.03. The lowest BCUT2D eigenvalue weighted by Crippen LogP contribution is -2.07. The van der Waals surface area contributed by atoms with Crippen molar-refractivity contribution in [3.63, 3.8) is 0 Å². The number of nitrogens with zero attached hydrogens (tertiary/aromatic N) is 2. The fraction of sp³-hybridized carbons (Fsp3) is 0.286. The molecule has 0 aliphatic rings. The van der Waals surface area contributed by atoms with Crippen LogP contribution < -0.4 is 0 Å². The van der Waals surface area contributed by atoms with Gasteiger partial charge in [0.05, 0.1) is 17.8 Å². The van der Waals surface area contributed by atoms with E-state index < -0.39 is 0 Å². The van der Waals surface area contributed by atoms with Crippen molar-refractivity contribution < 1.29 is 4.79 Å². The zero-order valence-corrected chi connectivity index (χ0v) is 11.8. The molecule has 0 amide bonds. The van der Waals surface area contributed by atoms with Crippen molar-refractivity contribution >= 4 is 22.2 Å². The summed E-state index contributed by atoms with van der Waals surface area (Å²) < 4.78 is 1.91. The molecular weight excluding hydrogens is 292 g/mol. The number of alkyl halides is 1. The maximum absolute atomic E-state index is 11.1. The maximum Gasteiger partial charge on any atom is 0.128 e. The van der Waals surface area contributed by atoms with Gasteiger partial charge in [-0.1, -0.05) is 41.1 Å². The van der Waals surface area contributed by atoms with E-state index >= 15 is 0 Å². The van der Waals surface area contributed by atoms with Crippen LogP contribution in [0.4, 0.5) is 0 Å². The van der Waals surface area contributed by atoms with Gasteiger partial charge in [-0.15, -0.1) is 0 Å². The van der Waals surface area contributed by atoms with E-state index in [9.17, 15) is 4.79 Å². The lowest BCUT2D eigenvalue weighted by Gasteiger charge is -2.10. The molecule has 1 aromatic carbocycles. The topological polar surface area (TPSA) is 34.9 Å². The summed E-state index contributed by atoms with van der Waals surface area (Å²) in [7, 11) is 0.